The number of hydrogen-bond acceptors (Lipinski definition) is 8. The van der Waals surface area contributed by atoms with E-state index in [4.69, 9.17) is 18.9 Å². The zero-order valence-electron chi connectivity index (χ0n) is 21.1. The van der Waals surface area contributed by atoms with E-state index < -0.39 is 23.6 Å². The number of imide groups is 1. The van der Waals surface area contributed by atoms with Crippen LogP contribution in [0.4, 0.5) is 14.9 Å². The van der Waals surface area contributed by atoms with Crippen molar-refractivity contribution < 1.29 is 37.7 Å². The zero-order chi connectivity index (χ0) is 28.2. The summed E-state index contributed by atoms with van der Waals surface area (Å²) in [6.07, 6.45) is 1.55. The molecule has 1 saturated heterocycles. The van der Waals surface area contributed by atoms with Gasteiger partial charge in [0, 0.05) is 17.3 Å². The maximum atomic E-state index is 14.0. The van der Waals surface area contributed by atoms with Crippen LogP contribution in [0.3, 0.4) is 0 Å². The first-order valence-electron chi connectivity index (χ1n) is 12.0. The van der Waals surface area contributed by atoms with Crippen LogP contribution in [0.1, 0.15) is 11.1 Å². The van der Waals surface area contributed by atoms with E-state index in [0.29, 0.717) is 56.6 Å². The van der Waals surface area contributed by atoms with Gasteiger partial charge in [0.05, 0.1) is 15.6 Å². The minimum absolute atomic E-state index is 0.00555. The van der Waals surface area contributed by atoms with Gasteiger partial charge < -0.3 is 24.3 Å². The van der Waals surface area contributed by atoms with Gasteiger partial charge in [-0.3, -0.25) is 19.3 Å². The Morgan fingerprint density at radius 3 is 2.67 bits per heavy atom. The number of thioether (sulfide) groups is 1. The Balaban J connectivity index is 1.26. The number of nitrogens with zero attached hydrogens (tertiary/aromatic N) is 1. The third-order valence-electron chi connectivity index (χ3n) is 5.88. The molecule has 5 rings (SSSR count). The SMILES string of the molecule is COc1cc(/C=C2/SC(=O)N(CC(=O)Nc3ccc4c(c3)OCCO4)C2=O)cc(I)c1OCc1ccccc1F. The van der Waals surface area contributed by atoms with E-state index in [9.17, 15) is 18.8 Å². The normalized spacial score (nSPS) is 15.4. The summed E-state index contributed by atoms with van der Waals surface area (Å²) in [6, 6.07) is 14.7. The van der Waals surface area contributed by atoms with Gasteiger partial charge in [0.15, 0.2) is 23.0 Å². The van der Waals surface area contributed by atoms with E-state index in [1.54, 1.807) is 54.6 Å². The smallest absolute Gasteiger partial charge is 0.294 e. The molecule has 0 spiro atoms. The first-order chi connectivity index (χ1) is 19.3. The van der Waals surface area contributed by atoms with Crippen LogP contribution in [-0.4, -0.2) is 48.8 Å². The molecule has 1 fully saturated rings. The topological polar surface area (TPSA) is 103 Å². The highest BCUT2D eigenvalue weighted by atomic mass is 127. The second-order valence-corrected chi connectivity index (χ2v) is 10.7. The van der Waals surface area contributed by atoms with Crippen molar-refractivity contribution >= 4 is 63.2 Å². The molecule has 3 amide bonds. The number of methoxy groups -OCH3 is 1. The van der Waals surface area contributed by atoms with Crippen LogP contribution >= 0.6 is 34.4 Å². The summed E-state index contributed by atoms with van der Waals surface area (Å²) in [5.41, 5.74) is 1.44. The number of hydrogen-bond donors (Lipinski definition) is 1. The van der Waals surface area contributed by atoms with Crippen LogP contribution in [-0.2, 0) is 16.2 Å². The fourth-order valence-electron chi connectivity index (χ4n) is 3.98. The van der Waals surface area contributed by atoms with E-state index in [0.717, 1.165) is 16.7 Å². The van der Waals surface area contributed by atoms with Crippen LogP contribution in [0, 0.1) is 9.39 Å². The number of fused-ring (bicyclic) bond motifs is 1. The quantitative estimate of drug-likeness (QED) is 0.248. The Morgan fingerprint density at radius 2 is 1.90 bits per heavy atom. The molecule has 1 N–H and O–H groups in total. The second-order valence-electron chi connectivity index (χ2n) is 8.59. The second kappa shape index (κ2) is 12.2. The van der Waals surface area contributed by atoms with E-state index in [1.165, 1.54) is 13.2 Å². The number of amides is 3. The number of anilines is 1. The molecule has 3 aromatic carbocycles. The summed E-state index contributed by atoms with van der Waals surface area (Å²) in [6.45, 7) is 0.415. The molecule has 0 unspecified atom stereocenters. The Morgan fingerprint density at radius 1 is 1.12 bits per heavy atom. The lowest BCUT2D eigenvalue weighted by atomic mass is 10.1. The molecule has 2 aliphatic rings. The number of halogens is 2. The minimum atomic E-state index is -0.582. The molecule has 40 heavy (non-hydrogen) atoms. The number of carbonyl (C=O) groups is 3. The maximum absolute atomic E-state index is 14.0. The van der Waals surface area contributed by atoms with Gasteiger partial charge in [-0.05, 0) is 76.3 Å². The van der Waals surface area contributed by atoms with Crippen molar-refractivity contribution in [2.45, 2.75) is 6.61 Å². The highest BCUT2D eigenvalue weighted by Gasteiger charge is 2.36. The van der Waals surface area contributed by atoms with Gasteiger partial charge in [-0.25, -0.2) is 4.39 Å². The first kappa shape index (κ1) is 27.8. The number of rotatable bonds is 8. The molecule has 2 heterocycles. The molecule has 9 nitrogen and oxygen atoms in total. The third-order valence-corrected chi connectivity index (χ3v) is 7.59. The standard InChI is InChI=1S/C28H22FIN2O7S/c1-36-23-11-16(10-20(30)26(23)39-15-17-4-2-3-5-19(17)29)12-24-27(34)32(28(35)40-24)14-25(33)31-18-6-7-21-22(13-18)38-9-8-37-21/h2-7,10-13H,8-9,14-15H2,1H3,(H,31,33)/b24-12+. The van der Waals surface area contributed by atoms with Gasteiger partial charge in [0.1, 0.15) is 32.2 Å². The van der Waals surface area contributed by atoms with Gasteiger partial charge >= 0.3 is 0 Å². The third kappa shape index (κ3) is 6.17. The van der Waals surface area contributed by atoms with Gasteiger partial charge in [-0.15, -0.1) is 0 Å². The zero-order valence-corrected chi connectivity index (χ0v) is 24.0. The highest BCUT2D eigenvalue weighted by molar-refractivity contribution is 14.1. The molecule has 12 heteroatoms. The molecule has 0 aliphatic carbocycles. The summed E-state index contributed by atoms with van der Waals surface area (Å²) >= 11 is 2.80. The summed E-state index contributed by atoms with van der Waals surface area (Å²) in [4.78, 5) is 39.3. The van der Waals surface area contributed by atoms with Crippen LogP contribution in [0.5, 0.6) is 23.0 Å². The van der Waals surface area contributed by atoms with Crippen molar-refractivity contribution in [3.8, 4) is 23.0 Å². The van der Waals surface area contributed by atoms with Gasteiger partial charge in [0.25, 0.3) is 11.1 Å². The molecular formula is C28H22FIN2O7S. The van der Waals surface area contributed by atoms with Crippen molar-refractivity contribution in [1.29, 1.82) is 0 Å². The molecule has 2 aliphatic heterocycles. The predicted molar refractivity (Wildman–Crippen MR) is 155 cm³/mol. The molecule has 3 aromatic rings. The molecule has 0 aromatic heterocycles. The summed E-state index contributed by atoms with van der Waals surface area (Å²) < 4.78 is 37.0. The largest absolute Gasteiger partial charge is 0.493 e. The molecule has 0 atom stereocenters. The van der Waals surface area contributed by atoms with Crippen molar-refractivity contribution in [2.24, 2.45) is 0 Å². The van der Waals surface area contributed by atoms with E-state index in [1.807, 2.05) is 0 Å². The Labute approximate surface area is 246 Å². The van der Waals surface area contributed by atoms with Crippen LogP contribution in [0.15, 0.2) is 59.5 Å². The number of carbonyl (C=O) groups excluding carboxylic acids is 3. The Bertz CT molecular complexity index is 1530. The summed E-state index contributed by atoms with van der Waals surface area (Å²) in [7, 11) is 1.47. The lowest BCUT2D eigenvalue weighted by Gasteiger charge is -2.19. The average Bonchev–Trinajstić information content (AvgIpc) is 3.20. The van der Waals surface area contributed by atoms with Crippen LogP contribution < -0.4 is 24.3 Å². The molecule has 206 valence electrons. The summed E-state index contributed by atoms with van der Waals surface area (Å²) in [5, 5.41) is 2.12. The lowest BCUT2D eigenvalue weighted by molar-refractivity contribution is -0.127. The van der Waals surface area contributed by atoms with Crippen LogP contribution in [0.25, 0.3) is 6.08 Å². The van der Waals surface area contributed by atoms with E-state index in [-0.39, 0.29) is 17.3 Å². The van der Waals surface area contributed by atoms with Crippen LogP contribution in [0.2, 0.25) is 0 Å². The Kier molecular flexibility index (Phi) is 8.45. The maximum Gasteiger partial charge on any atom is 0.294 e. The highest BCUT2D eigenvalue weighted by Crippen LogP contribution is 2.38. The number of ether oxygens (including phenoxy) is 4. The van der Waals surface area contributed by atoms with E-state index >= 15 is 0 Å². The van der Waals surface area contributed by atoms with E-state index in [2.05, 4.69) is 27.9 Å². The number of nitrogens with one attached hydrogen (secondary N) is 1. The Hall–Kier alpha value is -3.78. The van der Waals surface area contributed by atoms with Crippen molar-refractivity contribution in [1.82, 2.24) is 4.90 Å². The van der Waals surface area contributed by atoms with Crippen molar-refractivity contribution in [3.63, 3.8) is 0 Å². The molecular weight excluding hydrogens is 654 g/mol. The van der Waals surface area contributed by atoms with Gasteiger partial charge in [0.2, 0.25) is 5.91 Å². The molecule has 0 radical (unpaired) electrons. The fourth-order valence-corrected chi connectivity index (χ4v) is 5.60. The fraction of sp³-hybridized carbons (Fsp3) is 0.179. The molecule has 0 saturated carbocycles. The molecule has 0 bridgehead atoms. The lowest BCUT2D eigenvalue weighted by Crippen LogP contribution is -2.36. The number of benzene rings is 3. The van der Waals surface area contributed by atoms with Crippen molar-refractivity contribution in [2.75, 3.05) is 32.2 Å². The monoisotopic (exact) mass is 676 g/mol. The van der Waals surface area contributed by atoms with Crippen molar-refractivity contribution in [3.05, 3.63) is 80.0 Å². The predicted octanol–water partition coefficient (Wildman–Crippen LogP) is 5.46. The summed E-state index contributed by atoms with van der Waals surface area (Å²) in [5.74, 6) is 0.404. The minimum Gasteiger partial charge on any atom is -0.493 e. The average molecular weight is 676 g/mol. The van der Waals surface area contributed by atoms with Gasteiger partial charge in [-0.2, -0.15) is 0 Å². The van der Waals surface area contributed by atoms with Gasteiger partial charge in [-0.1, -0.05) is 18.2 Å². The first-order valence-corrected chi connectivity index (χ1v) is 13.9.